The van der Waals surface area contributed by atoms with Crippen LogP contribution in [0.25, 0.3) is 0 Å². The Labute approximate surface area is 125 Å². The molecular weight excluding hydrogens is 270 g/mol. The SMILES string of the molecule is CC(CCNc1ccnc(C(=O)N(C)C)c1)CCC(=O)O. The predicted molar refractivity (Wildman–Crippen MR) is 81.4 cm³/mol. The Morgan fingerprint density at radius 2 is 2.10 bits per heavy atom. The molecular formula is C15H23N3O3. The number of aliphatic carboxylic acids is 1. The van der Waals surface area contributed by atoms with Gasteiger partial charge in [0, 0.05) is 38.9 Å². The first-order chi connectivity index (χ1) is 9.90. The third-order valence-corrected chi connectivity index (χ3v) is 3.20. The van der Waals surface area contributed by atoms with E-state index in [2.05, 4.69) is 10.3 Å². The normalized spacial score (nSPS) is 11.8. The summed E-state index contributed by atoms with van der Waals surface area (Å²) in [6.45, 7) is 2.78. The molecule has 1 amide bonds. The molecule has 0 saturated carbocycles. The molecule has 2 N–H and O–H groups in total. The van der Waals surface area contributed by atoms with E-state index in [1.54, 1.807) is 26.4 Å². The van der Waals surface area contributed by atoms with Gasteiger partial charge in [0.2, 0.25) is 0 Å². The lowest BCUT2D eigenvalue weighted by atomic mass is 10.0. The molecule has 1 rings (SSSR count). The number of carbonyl (C=O) groups excluding carboxylic acids is 1. The van der Waals surface area contributed by atoms with Gasteiger partial charge in [0.25, 0.3) is 5.91 Å². The molecule has 1 unspecified atom stereocenters. The Morgan fingerprint density at radius 3 is 2.71 bits per heavy atom. The number of aromatic nitrogens is 1. The van der Waals surface area contributed by atoms with Gasteiger partial charge in [0.05, 0.1) is 0 Å². The van der Waals surface area contributed by atoms with Crippen LogP contribution < -0.4 is 5.32 Å². The molecule has 0 radical (unpaired) electrons. The van der Waals surface area contributed by atoms with Gasteiger partial charge in [-0.15, -0.1) is 0 Å². The number of rotatable bonds is 8. The Bertz CT molecular complexity index is 489. The van der Waals surface area contributed by atoms with E-state index < -0.39 is 5.97 Å². The average Bonchev–Trinajstić information content (AvgIpc) is 2.44. The van der Waals surface area contributed by atoms with Gasteiger partial charge in [-0.3, -0.25) is 14.6 Å². The van der Waals surface area contributed by atoms with Crippen LogP contribution >= 0.6 is 0 Å². The molecule has 21 heavy (non-hydrogen) atoms. The summed E-state index contributed by atoms with van der Waals surface area (Å²) >= 11 is 0. The quantitative estimate of drug-likeness (QED) is 0.767. The van der Waals surface area contributed by atoms with Crippen molar-refractivity contribution in [2.75, 3.05) is 26.0 Å². The van der Waals surface area contributed by atoms with Crippen LogP contribution in [0, 0.1) is 5.92 Å². The first kappa shape index (κ1) is 16.9. The number of nitrogens with zero attached hydrogens (tertiary/aromatic N) is 2. The summed E-state index contributed by atoms with van der Waals surface area (Å²) in [6.07, 6.45) is 3.37. The van der Waals surface area contributed by atoms with Crippen molar-refractivity contribution >= 4 is 17.6 Å². The third-order valence-electron chi connectivity index (χ3n) is 3.20. The van der Waals surface area contributed by atoms with E-state index in [0.717, 1.165) is 18.7 Å². The lowest BCUT2D eigenvalue weighted by Crippen LogP contribution is -2.22. The summed E-state index contributed by atoms with van der Waals surface area (Å²) in [5, 5.41) is 11.9. The maximum absolute atomic E-state index is 11.8. The number of carboxylic acids is 1. The van der Waals surface area contributed by atoms with Crippen LogP contribution in [0.15, 0.2) is 18.3 Å². The number of hydrogen-bond donors (Lipinski definition) is 2. The van der Waals surface area contributed by atoms with Crippen molar-refractivity contribution in [2.24, 2.45) is 5.92 Å². The zero-order chi connectivity index (χ0) is 15.8. The van der Waals surface area contributed by atoms with Crippen molar-refractivity contribution < 1.29 is 14.7 Å². The largest absolute Gasteiger partial charge is 0.481 e. The zero-order valence-electron chi connectivity index (χ0n) is 12.8. The highest BCUT2D eigenvalue weighted by atomic mass is 16.4. The van der Waals surface area contributed by atoms with Crippen LogP contribution in [0.5, 0.6) is 0 Å². The molecule has 1 heterocycles. The van der Waals surface area contributed by atoms with E-state index in [9.17, 15) is 9.59 Å². The summed E-state index contributed by atoms with van der Waals surface area (Å²) in [6, 6.07) is 3.54. The van der Waals surface area contributed by atoms with Gasteiger partial charge in [-0.05, 0) is 30.9 Å². The van der Waals surface area contributed by atoms with Crippen molar-refractivity contribution in [1.29, 1.82) is 0 Å². The van der Waals surface area contributed by atoms with Gasteiger partial charge < -0.3 is 15.3 Å². The maximum atomic E-state index is 11.8. The molecule has 0 aliphatic carbocycles. The van der Waals surface area contributed by atoms with Crippen LogP contribution in [0.2, 0.25) is 0 Å². The molecule has 0 spiro atoms. The summed E-state index contributed by atoms with van der Waals surface area (Å²) in [5.74, 6) is -0.539. The summed E-state index contributed by atoms with van der Waals surface area (Å²) in [5.41, 5.74) is 1.25. The Balaban J connectivity index is 2.44. The van der Waals surface area contributed by atoms with Crippen molar-refractivity contribution in [1.82, 2.24) is 9.88 Å². The topological polar surface area (TPSA) is 82.5 Å². The molecule has 0 aliphatic rings. The van der Waals surface area contributed by atoms with E-state index in [0.29, 0.717) is 18.0 Å². The number of hydrogen-bond acceptors (Lipinski definition) is 4. The smallest absolute Gasteiger partial charge is 0.303 e. The van der Waals surface area contributed by atoms with Crippen LogP contribution in [-0.4, -0.2) is 47.5 Å². The monoisotopic (exact) mass is 293 g/mol. The van der Waals surface area contributed by atoms with E-state index in [-0.39, 0.29) is 12.3 Å². The number of anilines is 1. The van der Waals surface area contributed by atoms with Crippen molar-refractivity contribution in [2.45, 2.75) is 26.2 Å². The van der Waals surface area contributed by atoms with Crippen LogP contribution in [0.4, 0.5) is 5.69 Å². The molecule has 0 fully saturated rings. The lowest BCUT2D eigenvalue weighted by molar-refractivity contribution is -0.137. The summed E-state index contributed by atoms with van der Waals surface area (Å²) in [7, 11) is 3.38. The molecule has 0 saturated heterocycles. The number of carboxylic acid groups (broad SMARTS) is 1. The summed E-state index contributed by atoms with van der Waals surface area (Å²) < 4.78 is 0. The second-order valence-electron chi connectivity index (χ2n) is 5.38. The van der Waals surface area contributed by atoms with E-state index >= 15 is 0 Å². The van der Waals surface area contributed by atoms with Gasteiger partial charge in [0.1, 0.15) is 5.69 Å². The fourth-order valence-electron chi connectivity index (χ4n) is 1.86. The molecule has 1 atom stereocenters. The molecule has 1 aromatic rings. The number of amides is 1. The molecule has 0 aliphatic heterocycles. The fraction of sp³-hybridized carbons (Fsp3) is 0.533. The highest BCUT2D eigenvalue weighted by Gasteiger charge is 2.10. The maximum Gasteiger partial charge on any atom is 0.303 e. The lowest BCUT2D eigenvalue weighted by Gasteiger charge is -2.13. The third kappa shape index (κ3) is 6.25. The minimum Gasteiger partial charge on any atom is -0.481 e. The second kappa shape index (κ2) is 8.24. The van der Waals surface area contributed by atoms with Crippen LogP contribution in [0.3, 0.4) is 0 Å². The molecule has 0 aromatic carbocycles. The standard InChI is InChI=1S/C15H23N3O3/c1-11(4-5-14(19)20)6-8-16-12-7-9-17-13(10-12)15(21)18(2)3/h7,9-11H,4-6,8H2,1-3H3,(H,16,17)(H,19,20). The van der Waals surface area contributed by atoms with Crippen molar-refractivity contribution in [3.63, 3.8) is 0 Å². The Morgan fingerprint density at radius 1 is 1.38 bits per heavy atom. The van der Waals surface area contributed by atoms with Crippen molar-refractivity contribution in [3.05, 3.63) is 24.0 Å². The van der Waals surface area contributed by atoms with Crippen molar-refractivity contribution in [3.8, 4) is 0 Å². The highest BCUT2D eigenvalue weighted by molar-refractivity contribution is 5.92. The van der Waals surface area contributed by atoms with Gasteiger partial charge in [0.15, 0.2) is 0 Å². The number of nitrogens with one attached hydrogen (secondary N) is 1. The first-order valence-corrected chi connectivity index (χ1v) is 7.03. The van der Waals surface area contributed by atoms with E-state index in [1.165, 1.54) is 4.90 Å². The molecule has 116 valence electrons. The van der Waals surface area contributed by atoms with Crippen LogP contribution in [-0.2, 0) is 4.79 Å². The average molecular weight is 293 g/mol. The fourth-order valence-corrected chi connectivity index (χ4v) is 1.86. The van der Waals surface area contributed by atoms with Crippen LogP contribution in [0.1, 0.15) is 36.7 Å². The minimum atomic E-state index is -0.754. The second-order valence-corrected chi connectivity index (χ2v) is 5.38. The highest BCUT2D eigenvalue weighted by Crippen LogP contribution is 2.13. The van der Waals surface area contributed by atoms with Gasteiger partial charge in [-0.25, -0.2) is 0 Å². The predicted octanol–water partition coefficient (Wildman–Crippen LogP) is 2.09. The van der Waals surface area contributed by atoms with Gasteiger partial charge in [-0.2, -0.15) is 0 Å². The molecule has 0 bridgehead atoms. The molecule has 1 aromatic heterocycles. The van der Waals surface area contributed by atoms with Gasteiger partial charge in [-0.1, -0.05) is 6.92 Å². The van der Waals surface area contributed by atoms with Gasteiger partial charge >= 0.3 is 5.97 Å². The molecule has 6 nitrogen and oxygen atoms in total. The van der Waals surface area contributed by atoms with E-state index in [1.807, 2.05) is 13.0 Å². The Kier molecular flexibility index (Phi) is 6.65. The number of pyridine rings is 1. The summed E-state index contributed by atoms with van der Waals surface area (Å²) in [4.78, 5) is 27.8. The van der Waals surface area contributed by atoms with E-state index in [4.69, 9.17) is 5.11 Å². The zero-order valence-corrected chi connectivity index (χ0v) is 12.8. The molecule has 6 heteroatoms. The first-order valence-electron chi connectivity index (χ1n) is 7.03. The minimum absolute atomic E-state index is 0.131. The Hall–Kier alpha value is -2.11. The number of carbonyl (C=O) groups is 2.